The molecule has 0 bridgehead atoms. The van der Waals surface area contributed by atoms with E-state index in [1.807, 2.05) is 46.1 Å². The van der Waals surface area contributed by atoms with Gasteiger partial charge in [-0.25, -0.2) is 19.6 Å². The molecule has 0 spiro atoms. The van der Waals surface area contributed by atoms with E-state index in [4.69, 9.17) is 38.2 Å². The van der Waals surface area contributed by atoms with Crippen LogP contribution in [0.3, 0.4) is 0 Å². The van der Waals surface area contributed by atoms with Gasteiger partial charge in [-0.1, -0.05) is 26.8 Å². The molecule has 1 aliphatic heterocycles. The van der Waals surface area contributed by atoms with Crippen molar-refractivity contribution in [1.82, 2.24) is 25.5 Å². The number of methoxy groups -OCH3 is 1. The molecular weight excluding hydrogens is 840 g/mol. The Morgan fingerprint density at radius 1 is 1.08 bits per heavy atom. The first-order chi connectivity index (χ1) is 29.4. The lowest BCUT2D eigenvalue weighted by molar-refractivity contribution is -0.142. The molecule has 3 aliphatic rings. The first-order valence-corrected chi connectivity index (χ1v) is 23.9. The van der Waals surface area contributed by atoms with Crippen molar-refractivity contribution < 1.29 is 52.0 Å². The Morgan fingerprint density at radius 2 is 1.82 bits per heavy atom. The van der Waals surface area contributed by atoms with Crippen LogP contribution in [-0.2, 0) is 32.9 Å². The molecule has 3 amide bonds. The minimum absolute atomic E-state index is 0.0328. The Labute approximate surface area is 366 Å². The van der Waals surface area contributed by atoms with Gasteiger partial charge in [0.15, 0.2) is 5.13 Å². The number of likely N-dealkylation sites (tertiary alicyclic amines) is 1. The zero-order valence-corrected chi connectivity index (χ0v) is 38.4. The minimum atomic E-state index is -3.77. The van der Waals surface area contributed by atoms with E-state index < -0.39 is 73.0 Å². The number of nitrogens with zero attached hydrogens (tertiary/aromatic N) is 3. The Bertz CT molecular complexity index is 2190. The number of carbonyl (C=O) groups is 4. The molecule has 2 saturated carbocycles. The van der Waals surface area contributed by atoms with Crippen molar-refractivity contribution in [2.24, 2.45) is 11.3 Å². The number of nitrogens with one attached hydrogen (secondary N) is 3. The summed E-state index contributed by atoms with van der Waals surface area (Å²) >= 11 is 1.45. The predicted octanol–water partition coefficient (Wildman–Crippen LogP) is 7.69. The molecule has 1 aromatic carbocycles. The summed E-state index contributed by atoms with van der Waals surface area (Å²) in [5.74, 6) is -0.538. The van der Waals surface area contributed by atoms with E-state index >= 15 is 0 Å². The van der Waals surface area contributed by atoms with Crippen molar-refractivity contribution in [3.05, 3.63) is 42.3 Å². The van der Waals surface area contributed by atoms with Crippen LogP contribution in [0.4, 0.5) is 14.7 Å². The van der Waals surface area contributed by atoms with Crippen molar-refractivity contribution >= 4 is 58.8 Å². The van der Waals surface area contributed by atoms with Crippen LogP contribution in [0.2, 0.25) is 0 Å². The van der Waals surface area contributed by atoms with Crippen LogP contribution in [0.5, 0.6) is 11.5 Å². The molecule has 0 radical (unpaired) electrons. The van der Waals surface area contributed by atoms with Crippen LogP contribution >= 0.6 is 18.7 Å². The third kappa shape index (κ3) is 10.6. The number of pyridine rings is 1. The molecule has 6 rings (SSSR count). The van der Waals surface area contributed by atoms with Crippen LogP contribution in [-0.4, -0.2) is 108 Å². The molecule has 3 heterocycles. The number of aromatic nitrogens is 2. The van der Waals surface area contributed by atoms with Crippen molar-refractivity contribution in [3.63, 3.8) is 0 Å². The molecule has 2 aliphatic carbocycles. The summed E-state index contributed by atoms with van der Waals surface area (Å²) in [6.45, 7) is 15.7. The molecule has 17 nitrogen and oxygen atoms in total. The summed E-state index contributed by atoms with van der Waals surface area (Å²) in [5, 5.41) is 11.0. The molecule has 338 valence electrons. The van der Waals surface area contributed by atoms with Crippen LogP contribution in [0, 0.1) is 11.3 Å². The first kappa shape index (κ1) is 46.6. The molecule has 62 heavy (non-hydrogen) atoms. The first-order valence-electron chi connectivity index (χ1n) is 21.0. The summed E-state index contributed by atoms with van der Waals surface area (Å²) in [7, 11) is -2.20. The van der Waals surface area contributed by atoms with Gasteiger partial charge in [0.2, 0.25) is 26.0 Å². The zero-order chi connectivity index (χ0) is 45.0. The lowest BCUT2D eigenvalue weighted by Crippen LogP contribution is -2.58. The number of alkyl carbamates (subject to hydrolysis) is 1. The Balaban J connectivity index is 1.32. The SMILES string of the molecule is C=C[C@@H]1C[C@]1(NC(=O)[C@@H]1CC(Oc2cc(-c3csc(NC(C)C)n3)nc3cc(OC)ccc23)CN1C(=O)[C@@H](NC(=O)OC1CCCC1)C(C)(C)C)P(C)(=O)OCOC(=O)OCC. The number of thiazole rings is 1. The fraction of sp³-hybridized carbons (Fsp3) is 0.581. The van der Waals surface area contributed by atoms with Crippen LogP contribution < -0.4 is 25.4 Å². The van der Waals surface area contributed by atoms with Gasteiger partial charge >= 0.3 is 12.2 Å². The highest BCUT2D eigenvalue weighted by Crippen LogP contribution is 2.70. The fourth-order valence-electron chi connectivity index (χ4n) is 7.93. The predicted molar refractivity (Wildman–Crippen MR) is 235 cm³/mol. The monoisotopic (exact) mass is 898 g/mol. The smallest absolute Gasteiger partial charge is 0.497 e. The van der Waals surface area contributed by atoms with Gasteiger partial charge in [0.05, 0.1) is 31.5 Å². The standard InChI is InChI=1S/C43H59N6O11PS/c1-10-26-21-43(26,61(9,54)58-24-57-41(53)56-11-2)48-37(50)34-19-29(22-49(34)38(51)36(42(5,6)7)47-40(52)60-27-14-12-13-15-27)59-35-20-32(33-23-62-39(46-33)44-25(3)4)45-31-18-28(55-8)16-17-30(31)35/h10,16-18,20,23,25-27,29,34,36H,1,11-15,19,21-22,24H2,2-9H3,(H,44,46)(H,47,52)(H,48,50)/t26-,29?,34+,36-,43+,61?/m1/s1. The normalized spacial score (nSPS) is 22.7. The van der Waals surface area contributed by atoms with Crippen molar-refractivity contribution in [3.8, 4) is 22.9 Å². The van der Waals surface area contributed by atoms with E-state index in [1.165, 1.54) is 22.9 Å². The number of ether oxygens (including phenoxy) is 5. The van der Waals surface area contributed by atoms with Crippen molar-refractivity contribution in [1.29, 1.82) is 0 Å². The van der Waals surface area contributed by atoms with Gasteiger partial charge in [0.1, 0.15) is 46.8 Å². The number of anilines is 1. The maximum atomic E-state index is 14.9. The third-order valence-corrected chi connectivity index (χ3v) is 14.8. The lowest BCUT2D eigenvalue weighted by Gasteiger charge is -2.36. The molecule has 3 fully saturated rings. The van der Waals surface area contributed by atoms with E-state index in [1.54, 1.807) is 38.3 Å². The highest BCUT2D eigenvalue weighted by Gasteiger charge is 2.65. The maximum absolute atomic E-state index is 14.9. The second kappa shape index (κ2) is 19.2. The summed E-state index contributed by atoms with van der Waals surface area (Å²) in [6, 6.07) is 5.15. The average Bonchev–Trinajstić information content (AvgIpc) is 3.61. The van der Waals surface area contributed by atoms with Gasteiger partial charge in [-0.05, 0) is 70.4 Å². The number of carbonyl (C=O) groups excluding carboxylic acids is 4. The quantitative estimate of drug-likeness (QED) is 0.0514. The van der Waals surface area contributed by atoms with Gasteiger partial charge in [-0.15, -0.1) is 17.9 Å². The van der Waals surface area contributed by atoms with Gasteiger partial charge in [-0.2, -0.15) is 0 Å². The minimum Gasteiger partial charge on any atom is -0.497 e. The summed E-state index contributed by atoms with van der Waals surface area (Å²) in [4.78, 5) is 65.7. The second-order valence-corrected chi connectivity index (χ2v) is 20.9. The van der Waals surface area contributed by atoms with Crippen LogP contribution in [0.1, 0.15) is 80.1 Å². The summed E-state index contributed by atoms with van der Waals surface area (Å²) in [6.07, 6.45) is 2.58. The highest BCUT2D eigenvalue weighted by atomic mass is 32.1. The third-order valence-electron chi connectivity index (χ3n) is 11.3. The van der Waals surface area contributed by atoms with E-state index in [0.29, 0.717) is 33.8 Å². The lowest BCUT2D eigenvalue weighted by atomic mass is 9.85. The molecule has 1 saturated heterocycles. The largest absolute Gasteiger partial charge is 0.510 e. The highest BCUT2D eigenvalue weighted by molar-refractivity contribution is 7.60. The van der Waals surface area contributed by atoms with E-state index in [9.17, 15) is 23.7 Å². The van der Waals surface area contributed by atoms with Crippen molar-refractivity contribution in [2.75, 3.05) is 39.0 Å². The van der Waals surface area contributed by atoms with Gasteiger partial charge in [-0.3, -0.25) is 18.7 Å². The van der Waals surface area contributed by atoms with E-state index in [-0.39, 0.29) is 38.1 Å². The molecule has 6 atom stereocenters. The Kier molecular flexibility index (Phi) is 14.4. The van der Waals surface area contributed by atoms with Crippen molar-refractivity contribution in [2.45, 2.75) is 116 Å². The van der Waals surface area contributed by atoms with Crippen LogP contribution in [0.15, 0.2) is 42.3 Å². The number of hydrogen-bond acceptors (Lipinski definition) is 15. The average molecular weight is 899 g/mol. The maximum Gasteiger partial charge on any atom is 0.510 e. The summed E-state index contributed by atoms with van der Waals surface area (Å²) in [5.41, 5.74) is 0.943. The summed E-state index contributed by atoms with van der Waals surface area (Å²) < 4.78 is 47.6. The van der Waals surface area contributed by atoms with Crippen LogP contribution in [0.25, 0.3) is 22.3 Å². The Hall–Kier alpha value is -4.93. The molecule has 3 aromatic rings. The number of benzene rings is 1. The van der Waals surface area contributed by atoms with E-state index in [0.717, 1.165) is 30.8 Å². The molecule has 2 aromatic heterocycles. The topological polar surface area (TPSA) is 206 Å². The molecule has 19 heteroatoms. The molecule has 3 N–H and O–H groups in total. The Morgan fingerprint density at radius 3 is 2.47 bits per heavy atom. The van der Waals surface area contributed by atoms with Gasteiger partial charge in [0.25, 0.3) is 0 Å². The molecular formula is C43H59N6O11PS. The second-order valence-electron chi connectivity index (χ2n) is 17.3. The number of amides is 3. The number of fused-ring (bicyclic) bond motifs is 1. The van der Waals surface area contributed by atoms with Gasteiger partial charge in [0, 0.05) is 47.9 Å². The molecule has 2 unspecified atom stereocenters. The number of hydrogen-bond donors (Lipinski definition) is 3. The van der Waals surface area contributed by atoms with Gasteiger partial charge < -0.3 is 44.5 Å². The number of rotatable bonds is 17. The zero-order valence-electron chi connectivity index (χ0n) is 36.7. The fourth-order valence-corrected chi connectivity index (χ4v) is 10.8. The van der Waals surface area contributed by atoms with E-state index in [2.05, 4.69) is 22.5 Å².